The Balaban J connectivity index is 1.93. The van der Waals surface area contributed by atoms with Crippen LogP contribution in [-0.4, -0.2) is 53.5 Å². The maximum absolute atomic E-state index is 12.8. The number of hydrogen-bond donors (Lipinski definition) is 5. The molecule has 0 fully saturated rings. The average Bonchev–Trinajstić information content (AvgIpc) is 3.13. The van der Waals surface area contributed by atoms with Gasteiger partial charge in [-0.25, -0.2) is 4.79 Å². The molecule has 0 saturated carbocycles. The van der Waals surface area contributed by atoms with Gasteiger partial charge in [0.15, 0.2) is 0 Å². The first kappa shape index (κ1) is 24.8. The lowest BCUT2D eigenvalue weighted by molar-refractivity contribution is -0.131. The summed E-state index contributed by atoms with van der Waals surface area (Å²) in [5.41, 5.74) is 1.09. The predicted octanol–water partition coefficient (Wildman–Crippen LogP) is 1.66. The maximum Gasteiger partial charge on any atom is 0.328 e. The Morgan fingerprint density at radius 2 is 1.49 bits per heavy atom. The van der Waals surface area contributed by atoms with Crippen LogP contribution in [0.2, 0.25) is 0 Å². The number of carbonyl (C=O) groups excluding carboxylic acids is 4. The lowest BCUT2D eigenvalue weighted by Gasteiger charge is -2.13. The molecular weight excluding hydrogens is 452 g/mol. The highest BCUT2D eigenvalue weighted by Gasteiger charge is 2.27. The van der Waals surface area contributed by atoms with E-state index in [4.69, 9.17) is 10.5 Å². The number of carboxylic acids is 1. The third-order valence-corrected chi connectivity index (χ3v) is 5.08. The van der Waals surface area contributed by atoms with Crippen molar-refractivity contribution in [1.82, 2.24) is 16.0 Å². The van der Waals surface area contributed by atoms with Gasteiger partial charge in [0.2, 0.25) is 0 Å². The van der Waals surface area contributed by atoms with E-state index in [1.165, 1.54) is 42.5 Å². The number of rotatable bonds is 9. The normalized spacial score (nSPS) is 12.5. The van der Waals surface area contributed by atoms with Gasteiger partial charge in [0, 0.05) is 30.3 Å². The third kappa shape index (κ3) is 5.74. The highest BCUT2D eigenvalue weighted by Crippen LogP contribution is 2.21. The minimum atomic E-state index is -1.15. The number of allylic oxidation sites excluding steroid dienone is 1. The molecule has 0 radical (unpaired) electrons. The molecule has 0 spiro atoms. The van der Waals surface area contributed by atoms with Crippen LogP contribution in [0.3, 0.4) is 0 Å². The van der Waals surface area contributed by atoms with E-state index in [2.05, 4.69) is 16.0 Å². The summed E-state index contributed by atoms with van der Waals surface area (Å²) < 4.78 is 0. The molecule has 0 aliphatic carbocycles. The fourth-order valence-electron chi connectivity index (χ4n) is 3.35. The largest absolute Gasteiger partial charge is 0.478 e. The molecule has 0 unspecified atom stereocenters. The topological polar surface area (TPSA) is 166 Å². The van der Waals surface area contributed by atoms with Crippen molar-refractivity contribution in [2.45, 2.75) is 6.92 Å². The van der Waals surface area contributed by atoms with E-state index < -0.39 is 29.6 Å². The zero-order chi connectivity index (χ0) is 25.5. The number of benzene rings is 2. The molecule has 0 saturated heterocycles. The summed E-state index contributed by atoms with van der Waals surface area (Å²) in [5.74, 6) is -3.34. The van der Waals surface area contributed by atoms with Gasteiger partial charge in [0.1, 0.15) is 0 Å². The van der Waals surface area contributed by atoms with Crippen molar-refractivity contribution < 1.29 is 29.1 Å². The monoisotopic (exact) mass is 474 g/mol. The molecule has 5 N–H and O–H groups in total. The highest BCUT2D eigenvalue weighted by molar-refractivity contribution is 6.23. The van der Waals surface area contributed by atoms with Gasteiger partial charge in [-0.3, -0.25) is 29.9 Å². The van der Waals surface area contributed by atoms with Crippen LogP contribution in [0.15, 0.2) is 60.7 Å². The Bertz CT molecular complexity index is 1310. The lowest BCUT2D eigenvalue weighted by atomic mass is 9.95. The van der Waals surface area contributed by atoms with Crippen molar-refractivity contribution in [3.8, 4) is 0 Å². The molecule has 0 bridgehead atoms. The number of imide groups is 1. The first-order valence-corrected chi connectivity index (χ1v) is 10.5. The summed E-state index contributed by atoms with van der Waals surface area (Å²) in [6.07, 6.45) is 5.62. The summed E-state index contributed by atoms with van der Waals surface area (Å²) in [4.78, 5) is 59.8. The van der Waals surface area contributed by atoms with Gasteiger partial charge in [-0.15, -0.1) is 0 Å². The van der Waals surface area contributed by atoms with Gasteiger partial charge in [-0.2, -0.15) is 0 Å². The van der Waals surface area contributed by atoms with Crippen molar-refractivity contribution in [1.29, 1.82) is 5.41 Å². The van der Waals surface area contributed by atoms with Crippen LogP contribution in [0, 0.1) is 5.41 Å². The second kappa shape index (κ2) is 10.8. The van der Waals surface area contributed by atoms with Gasteiger partial charge in [0.05, 0.1) is 28.0 Å². The molecule has 178 valence electrons. The van der Waals surface area contributed by atoms with Gasteiger partial charge < -0.3 is 15.7 Å². The zero-order valence-electron chi connectivity index (χ0n) is 18.7. The lowest BCUT2D eigenvalue weighted by Crippen LogP contribution is -2.30. The number of fused-ring (bicyclic) bond motifs is 1. The standard InChI is InChI=1S/C25H22N4O6/c1-2-3-10-27-23(33)18-12-14(6-8-16(18)22(32)28-11-4-5-20(30)31)21(26)15-7-9-17-19(13-15)25(35)29-24(17)34/h2-9,12-13,26H,10-11H2,1H3,(H,27,33)(H,28,32)(H,30,31)(H,29,34,35). The first-order valence-electron chi connectivity index (χ1n) is 10.5. The molecule has 0 aromatic heterocycles. The molecule has 10 nitrogen and oxygen atoms in total. The van der Waals surface area contributed by atoms with Crippen LogP contribution < -0.4 is 16.0 Å². The Morgan fingerprint density at radius 1 is 0.886 bits per heavy atom. The molecule has 1 heterocycles. The van der Waals surface area contributed by atoms with Crippen LogP contribution in [-0.2, 0) is 4.79 Å². The Hall–Kier alpha value is -4.86. The molecule has 2 aromatic rings. The molecule has 35 heavy (non-hydrogen) atoms. The number of aliphatic carboxylic acids is 1. The number of nitrogens with one attached hydrogen (secondary N) is 4. The minimum absolute atomic E-state index is 0.0150. The summed E-state index contributed by atoms with van der Waals surface area (Å²) >= 11 is 0. The zero-order valence-corrected chi connectivity index (χ0v) is 18.7. The predicted molar refractivity (Wildman–Crippen MR) is 127 cm³/mol. The summed E-state index contributed by atoms with van der Waals surface area (Å²) in [6, 6.07) is 8.70. The first-order chi connectivity index (χ1) is 16.7. The van der Waals surface area contributed by atoms with E-state index in [1.54, 1.807) is 19.1 Å². The summed E-state index contributed by atoms with van der Waals surface area (Å²) in [5, 5.41) is 24.6. The van der Waals surface area contributed by atoms with Crippen molar-refractivity contribution in [3.63, 3.8) is 0 Å². The van der Waals surface area contributed by atoms with E-state index in [0.717, 1.165) is 6.08 Å². The van der Waals surface area contributed by atoms with Crippen LogP contribution in [0.1, 0.15) is 59.5 Å². The Labute approximate surface area is 200 Å². The minimum Gasteiger partial charge on any atom is -0.478 e. The van der Waals surface area contributed by atoms with E-state index >= 15 is 0 Å². The maximum atomic E-state index is 12.8. The molecule has 1 aliphatic rings. The smallest absolute Gasteiger partial charge is 0.328 e. The highest BCUT2D eigenvalue weighted by atomic mass is 16.4. The Morgan fingerprint density at radius 3 is 2.17 bits per heavy atom. The SMILES string of the molecule is CC=CCNC(=O)c1cc(C(=N)c2ccc3c(c2)C(=O)NC3=O)ccc1C(=O)NCC=CC(=O)O. The van der Waals surface area contributed by atoms with Crippen molar-refractivity contribution in [3.05, 3.63) is 94.1 Å². The van der Waals surface area contributed by atoms with Crippen molar-refractivity contribution in [2.75, 3.05) is 13.1 Å². The van der Waals surface area contributed by atoms with Crippen LogP contribution >= 0.6 is 0 Å². The third-order valence-electron chi connectivity index (χ3n) is 5.08. The molecule has 10 heteroatoms. The van der Waals surface area contributed by atoms with Crippen LogP contribution in [0.5, 0.6) is 0 Å². The van der Waals surface area contributed by atoms with E-state index in [1.807, 2.05) is 0 Å². The van der Waals surface area contributed by atoms with Crippen molar-refractivity contribution in [2.24, 2.45) is 0 Å². The van der Waals surface area contributed by atoms with Gasteiger partial charge in [-0.05, 0) is 31.2 Å². The number of carbonyl (C=O) groups is 5. The summed E-state index contributed by atoms with van der Waals surface area (Å²) in [6.45, 7) is 1.97. The molecule has 2 aromatic carbocycles. The molecule has 0 atom stereocenters. The number of amides is 4. The molecule has 4 amide bonds. The second-order valence-corrected chi connectivity index (χ2v) is 7.41. The van der Waals surface area contributed by atoms with Gasteiger partial charge in [0.25, 0.3) is 23.6 Å². The van der Waals surface area contributed by atoms with Gasteiger partial charge >= 0.3 is 5.97 Å². The Kier molecular flexibility index (Phi) is 7.67. The number of carboxylic acid groups (broad SMARTS) is 1. The van der Waals surface area contributed by atoms with Gasteiger partial charge in [-0.1, -0.05) is 30.4 Å². The fraction of sp³-hybridized carbons (Fsp3) is 0.120. The van der Waals surface area contributed by atoms with Crippen molar-refractivity contribution >= 4 is 35.3 Å². The van der Waals surface area contributed by atoms with E-state index in [-0.39, 0.29) is 41.1 Å². The molecular formula is C25H22N4O6. The average molecular weight is 474 g/mol. The molecule has 1 aliphatic heterocycles. The fourth-order valence-corrected chi connectivity index (χ4v) is 3.35. The summed E-state index contributed by atoms with van der Waals surface area (Å²) in [7, 11) is 0. The molecule has 3 rings (SSSR count). The van der Waals surface area contributed by atoms with Crippen LogP contribution in [0.4, 0.5) is 0 Å². The van der Waals surface area contributed by atoms with E-state index in [9.17, 15) is 24.0 Å². The number of hydrogen-bond acceptors (Lipinski definition) is 6. The van der Waals surface area contributed by atoms with Crippen LogP contribution in [0.25, 0.3) is 0 Å². The quantitative estimate of drug-likeness (QED) is 0.160. The second-order valence-electron chi connectivity index (χ2n) is 7.41. The van der Waals surface area contributed by atoms with E-state index in [0.29, 0.717) is 11.1 Å².